The van der Waals surface area contributed by atoms with Crippen LogP contribution in [0.1, 0.15) is 123 Å². The smallest absolute Gasteiger partial charge is 0.341 e. The fraction of sp³-hybridized carbons (Fsp3) is 0.794. The van der Waals surface area contributed by atoms with E-state index in [1.807, 2.05) is 0 Å². The summed E-state index contributed by atoms with van der Waals surface area (Å²) in [6.45, 7) is 15.0. The Morgan fingerprint density at radius 2 is 1.89 bits per heavy atom. The molecule has 0 aromatic carbocycles. The summed E-state index contributed by atoms with van der Waals surface area (Å²) in [7, 11) is 0. The molecule has 5 rings (SSSR count). The summed E-state index contributed by atoms with van der Waals surface area (Å²) >= 11 is 0. The van der Waals surface area contributed by atoms with Crippen LogP contribution in [0.4, 0.5) is 0 Å². The van der Waals surface area contributed by atoms with Gasteiger partial charge in [-0.3, -0.25) is 0 Å². The number of esters is 1. The fourth-order valence-electron chi connectivity index (χ4n) is 9.99. The first-order valence-corrected chi connectivity index (χ1v) is 15.6. The van der Waals surface area contributed by atoms with Gasteiger partial charge in [-0.15, -0.1) is 0 Å². The molecule has 1 aromatic rings. The standard InChI is InChI=1S/C34H52O3/c1-7-24(22(2)3)9-8-23(4)29-12-13-30-28-11-10-26-20-27(37-32(35)25-16-19-36-21-25)14-17-33(26,5)31(28)15-18-34(29,30)6/h10,16,19,21-24,27-31H,7-9,11-15,17-18,20H2,1-6H3/t23-,24-,27+,28+,29-,30+,31+,33+,34-/m1/s1. The van der Waals surface area contributed by atoms with Crippen molar-refractivity contribution in [2.45, 2.75) is 118 Å². The minimum absolute atomic E-state index is 0.00151. The third-order valence-electron chi connectivity index (χ3n) is 12.3. The number of carbonyl (C=O) groups excluding carboxylic acids is 1. The van der Waals surface area contributed by atoms with Crippen molar-refractivity contribution in [3.8, 4) is 0 Å². The highest BCUT2D eigenvalue weighted by Gasteiger charge is 2.59. The molecule has 0 unspecified atom stereocenters. The average molecular weight is 509 g/mol. The highest BCUT2D eigenvalue weighted by atomic mass is 16.5. The maximum Gasteiger partial charge on any atom is 0.341 e. The van der Waals surface area contributed by atoms with Gasteiger partial charge in [-0.2, -0.15) is 0 Å². The monoisotopic (exact) mass is 508 g/mol. The molecule has 37 heavy (non-hydrogen) atoms. The molecule has 3 saturated carbocycles. The van der Waals surface area contributed by atoms with E-state index in [-0.39, 0.29) is 17.5 Å². The topological polar surface area (TPSA) is 39.4 Å². The maximum absolute atomic E-state index is 12.5. The lowest BCUT2D eigenvalue weighted by molar-refractivity contribution is -0.0596. The van der Waals surface area contributed by atoms with Crippen LogP contribution in [0.15, 0.2) is 34.7 Å². The Balaban J connectivity index is 1.25. The normalized spacial score (nSPS) is 38.8. The van der Waals surface area contributed by atoms with Crippen molar-refractivity contribution in [3.05, 3.63) is 35.8 Å². The number of carbonyl (C=O) groups is 1. The minimum Gasteiger partial charge on any atom is -0.472 e. The van der Waals surface area contributed by atoms with Crippen molar-refractivity contribution in [1.29, 1.82) is 0 Å². The summed E-state index contributed by atoms with van der Waals surface area (Å²) in [6, 6.07) is 1.70. The SMILES string of the molecule is CC[C@H](CC[C@@H](C)[C@H]1CC[C@H]2[C@@H]3CC=C4C[C@@H](OC(=O)c5ccoc5)CC[C@]4(C)[C@H]3CC[C@]12C)C(C)C. The van der Waals surface area contributed by atoms with Gasteiger partial charge in [-0.05, 0) is 110 Å². The van der Waals surface area contributed by atoms with E-state index in [1.54, 1.807) is 11.6 Å². The second kappa shape index (κ2) is 10.6. The van der Waals surface area contributed by atoms with E-state index in [0.717, 1.165) is 60.7 Å². The van der Waals surface area contributed by atoms with Gasteiger partial charge in [0.2, 0.25) is 0 Å². The Kier molecular flexibility index (Phi) is 7.74. The van der Waals surface area contributed by atoms with Gasteiger partial charge in [0.05, 0.1) is 11.8 Å². The van der Waals surface area contributed by atoms with Gasteiger partial charge in [0.1, 0.15) is 12.4 Å². The first kappa shape index (κ1) is 27.1. The third-order valence-corrected chi connectivity index (χ3v) is 12.3. The molecule has 0 amide bonds. The van der Waals surface area contributed by atoms with Gasteiger partial charge < -0.3 is 9.15 Å². The molecule has 0 spiro atoms. The highest BCUT2D eigenvalue weighted by molar-refractivity contribution is 5.89. The Morgan fingerprint density at radius 1 is 1.08 bits per heavy atom. The van der Waals surface area contributed by atoms with Crippen LogP contribution in [-0.2, 0) is 4.74 Å². The van der Waals surface area contributed by atoms with E-state index in [4.69, 9.17) is 9.15 Å². The molecule has 1 heterocycles. The number of furan rings is 1. The molecule has 3 fully saturated rings. The average Bonchev–Trinajstić information content (AvgIpc) is 3.52. The zero-order chi connectivity index (χ0) is 26.4. The van der Waals surface area contributed by atoms with Gasteiger partial charge in [-0.25, -0.2) is 4.79 Å². The molecule has 0 radical (unpaired) electrons. The first-order valence-electron chi connectivity index (χ1n) is 15.6. The van der Waals surface area contributed by atoms with Crippen LogP contribution in [0.5, 0.6) is 0 Å². The van der Waals surface area contributed by atoms with Crippen molar-refractivity contribution < 1.29 is 13.9 Å². The predicted molar refractivity (Wildman–Crippen MR) is 150 cm³/mol. The lowest BCUT2D eigenvalue weighted by Crippen LogP contribution is -2.51. The van der Waals surface area contributed by atoms with Crippen LogP contribution < -0.4 is 0 Å². The van der Waals surface area contributed by atoms with Crippen LogP contribution >= 0.6 is 0 Å². The minimum atomic E-state index is -0.241. The van der Waals surface area contributed by atoms with Crippen molar-refractivity contribution >= 4 is 5.97 Å². The largest absolute Gasteiger partial charge is 0.472 e. The van der Waals surface area contributed by atoms with Crippen molar-refractivity contribution in [3.63, 3.8) is 0 Å². The Morgan fingerprint density at radius 3 is 2.59 bits per heavy atom. The van der Waals surface area contributed by atoms with Gasteiger partial charge in [0, 0.05) is 6.42 Å². The molecule has 0 saturated heterocycles. The summed E-state index contributed by atoms with van der Waals surface area (Å²) in [6.07, 6.45) is 19.8. The number of rotatable bonds is 8. The van der Waals surface area contributed by atoms with E-state index in [1.165, 1.54) is 63.9 Å². The van der Waals surface area contributed by atoms with E-state index in [2.05, 4.69) is 47.6 Å². The molecule has 4 aliphatic carbocycles. The highest BCUT2D eigenvalue weighted by Crippen LogP contribution is 2.67. The summed E-state index contributed by atoms with van der Waals surface area (Å²) < 4.78 is 11.0. The number of hydrogen-bond acceptors (Lipinski definition) is 3. The zero-order valence-corrected chi connectivity index (χ0v) is 24.4. The maximum atomic E-state index is 12.5. The number of ether oxygens (including phenoxy) is 1. The number of allylic oxidation sites excluding steroid dienone is 1. The molecule has 3 nitrogen and oxygen atoms in total. The fourth-order valence-corrected chi connectivity index (χ4v) is 9.99. The first-order chi connectivity index (χ1) is 17.7. The van der Waals surface area contributed by atoms with E-state index < -0.39 is 0 Å². The molecule has 4 aliphatic rings. The van der Waals surface area contributed by atoms with Gasteiger partial charge in [0.25, 0.3) is 0 Å². The summed E-state index contributed by atoms with van der Waals surface area (Å²) in [4.78, 5) is 12.5. The molecular weight excluding hydrogens is 456 g/mol. The molecule has 0 bridgehead atoms. The molecule has 1 aromatic heterocycles. The summed E-state index contributed by atoms with van der Waals surface area (Å²) in [5.41, 5.74) is 2.92. The van der Waals surface area contributed by atoms with Crippen molar-refractivity contribution in [1.82, 2.24) is 0 Å². The Bertz CT molecular complexity index is 960. The Hall–Kier alpha value is -1.51. The molecule has 3 heteroatoms. The van der Waals surface area contributed by atoms with E-state index in [0.29, 0.717) is 11.0 Å². The molecule has 9 atom stereocenters. The van der Waals surface area contributed by atoms with E-state index in [9.17, 15) is 4.79 Å². The quantitative estimate of drug-likeness (QED) is 0.259. The lowest BCUT2D eigenvalue weighted by Gasteiger charge is -2.58. The Labute approximate surface area is 226 Å². The second-order valence-corrected chi connectivity index (χ2v) is 14.2. The van der Waals surface area contributed by atoms with Gasteiger partial charge >= 0.3 is 5.97 Å². The van der Waals surface area contributed by atoms with Crippen LogP contribution in [-0.4, -0.2) is 12.1 Å². The van der Waals surface area contributed by atoms with Gasteiger partial charge in [0.15, 0.2) is 0 Å². The van der Waals surface area contributed by atoms with Crippen molar-refractivity contribution in [2.24, 2.45) is 52.3 Å². The molecule has 206 valence electrons. The summed E-state index contributed by atoms with van der Waals surface area (Å²) in [5, 5.41) is 0. The number of fused-ring (bicyclic) bond motifs is 5. The third kappa shape index (κ3) is 4.87. The summed E-state index contributed by atoms with van der Waals surface area (Å²) in [5.74, 6) is 5.74. The van der Waals surface area contributed by atoms with Crippen LogP contribution in [0, 0.1) is 52.3 Å². The predicted octanol–water partition coefficient (Wildman–Crippen LogP) is 9.48. The lowest BCUT2D eigenvalue weighted by atomic mass is 9.47. The second-order valence-electron chi connectivity index (χ2n) is 14.2. The molecular formula is C34H52O3. The van der Waals surface area contributed by atoms with Gasteiger partial charge in [-0.1, -0.05) is 66.0 Å². The van der Waals surface area contributed by atoms with Crippen LogP contribution in [0.2, 0.25) is 0 Å². The van der Waals surface area contributed by atoms with E-state index >= 15 is 0 Å². The molecule has 0 aliphatic heterocycles. The van der Waals surface area contributed by atoms with Crippen molar-refractivity contribution in [2.75, 3.05) is 0 Å². The number of hydrogen-bond donors (Lipinski definition) is 0. The molecule has 0 N–H and O–H groups in total. The van der Waals surface area contributed by atoms with Crippen LogP contribution in [0.3, 0.4) is 0 Å². The van der Waals surface area contributed by atoms with Crippen LogP contribution in [0.25, 0.3) is 0 Å². The zero-order valence-electron chi connectivity index (χ0n) is 24.4.